The minimum Gasteiger partial charge on any atom is -0.349 e. The van der Waals surface area contributed by atoms with E-state index in [1.54, 1.807) is 11.3 Å². The molecule has 0 spiro atoms. The number of aromatic nitrogens is 1. The maximum Gasteiger partial charge on any atom is 0.251 e. The summed E-state index contributed by atoms with van der Waals surface area (Å²) in [6, 6.07) is 7.99. The third kappa shape index (κ3) is 5.18. The lowest BCUT2D eigenvalue weighted by atomic mass is 10.1. The van der Waals surface area contributed by atoms with Crippen LogP contribution in [0.5, 0.6) is 0 Å². The Hall–Kier alpha value is -1.14. The molecular weight excluding hydrogens is 353 g/mol. The molecule has 0 aliphatic carbocycles. The summed E-state index contributed by atoms with van der Waals surface area (Å²) in [4.78, 5) is 16.8. The quantitative estimate of drug-likeness (QED) is 0.865. The lowest BCUT2D eigenvalue weighted by molar-refractivity contribution is 0.0929. The fraction of sp³-hybridized carbons (Fsp3) is 0.375. The zero-order chi connectivity index (χ0) is 14.7. The predicted octanol–water partition coefficient (Wildman–Crippen LogP) is 3.44. The van der Waals surface area contributed by atoms with Crippen LogP contribution in [0.15, 0.2) is 29.6 Å². The van der Waals surface area contributed by atoms with Crippen molar-refractivity contribution in [1.82, 2.24) is 15.6 Å². The van der Waals surface area contributed by atoms with Gasteiger partial charge < -0.3 is 10.6 Å². The number of benzene rings is 1. The van der Waals surface area contributed by atoms with E-state index in [4.69, 9.17) is 0 Å². The van der Waals surface area contributed by atoms with Crippen LogP contribution in [0.1, 0.15) is 28.9 Å². The van der Waals surface area contributed by atoms with Crippen molar-refractivity contribution in [2.45, 2.75) is 25.8 Å². The molecule has 4 nitrogen and oxygen atoms in total. The second-order valence-electron chi connectivity index (χ2n) is 5.37. The van der Waals surface area contributed by atoms with Crippen LogP contribution in [-0.2, 0) is 0 Å². The van der Waals surface area contributed by atoms with Crippen LogP contribution < -0.4 is 10.6 Å². The van der Waals surface area contributed by atoms with Crippen molar-refractivity contribution in [2.24, 2.45) is 0 Å². The molecule has 23 heavy (non-hydrogen) atoms. The fourth-order valence-electron chi connectivity index (χ4n) is 2.52. The number of hydrogen-bond acceptors (Lipinski definition) is 4. The Labute approximate surface area is 152 Å². The Balaban J connectivity index is 0.00000132. The summed E-state index contributed by atoms with van der Waals surface area (Å²) in [5, 5.41) is 9.41. The van der Waals surface area contributed by atoms with E-state index >= 15 is 0 Å². The van der Waals surface area contributed by atoms with Crippen molar-refractivity contribution in [3.05, 3.63) is 40.9 Å². The van der Waals surface area contributed by atoms with Crippen molar-refractivity contribution in [1.29, 1.82) is 0 Å². The largest absolute Gasteiger partial charge is 0.349 e. The first-order valence-electron chi connectivity index (χ1n) is 7.26. The van der Waals surface area contributed by atoms with Crippen LogP contribution in [0.2, 0.25) is 0 Å². The van der Waals surface area contributed by atoms with Gasteiger partial charge in [-0.1, -0.05) is 12.1 Å². The number of carbonyl (C=O) groups is 1. The van der Waals surface area contributed by atoms with E-state index in [1.807, 2.05) is 36.6 Å². The lowest BCUT2D eigenvalue weighted by Crippen LogP contribution is -2.42. The zero-order valence-electron chi connectivity index (χ0n) is 12.9. The third-order valence-electron chi connectivity index (χ3n) is 3.67. The molecule has 2 N–H and O–H groups in total. The Morgan fingerprint density at radius 3 is 2.70 bits per heavy atom. The molecule has 0 saturated carbocycles. The van der Waals surface area contributed by atoms with Gasteiger partial charge in [-0.25, -0.2) is 4.98 Å². The standard InChI is InChI=1S/C16H19N3OS.2ClH/c1-11-10-21-16(18-11)13-4-2-3-12(9-13)15(20)19-14-5-7-17-8-6-14;;/h2-4,9-10,14,17H,5-8H2,1H3,(H,19,20);2*1H. The first-order chi connectivity index (χ1) is 10.2. The molecule has 1 amide bonds. The summed E-state index contributed by atoms with van der Waals surface area (Å²) >= 11 is 1.61. The minimum atomic E-state index is 0. The van der Waals surface area contributed by atoms with Gasteiger partial charge in [0.15, 0.2) is 0 Å². The van der Waals surface area contributed by atoms with Crippen LogP contribution >= 0.6 is 36.2 Å². The van der Waals surface area contributed by atoms with Gasteiger partial charge in [0.05, 0.1) is 0 Å². The Morgan fingerprint density at radius 1 is 1.30 bits per heavy atom. The number of hydrogen-bond donors (Lipinski definition) is 2. The average molecular weight is 374 g/mol. The van der Waals surface area contributed by atoms with Gasteiger partial charge in [-0.2, -0.15) is 0 Å². The predicted molar refractivity (Wildman–Crippen MR) is 100 cm³/mol. The summed E-state index contributed by atoms with van der Waals surface area (Å²) < 4.78 is 0. The van der Waals surface area contributed by atoms with Crippen molar-refractivity contribution < 1.29 is 4.79 Å². The first-order valence-corrected chi connectivity index (χ1v) is 8.14. The van der Waals surface area contributed by atoms with Gasteiger partial charge in [-0.15, -0.1) is 36.2 Å². The highest BCUT2D eigenvalue weighted by atomic mass is 35.5. The van der Waals surface area contributed by atoms with Crippen molar-refractivity contribution in [3.8, 4) is 10.6 Å². The van der Waals surface area contributed by atoms with E-state index in [2.05, 4.69) is 15.6 Å². The molecular formula is C16H21Cl2N3OS. The van der Waals surface area contributed by atoms with Crippen molar-refractivity contribution >= 4 is 42.1 Å². The molecule has 3 rings (SSSR count). The molecule has 2 heterocycles. The van der Waals surface area contributed by atoms with Crippen LogP contribution in [0.3, 0.4) is 0 Å². The molecule has 2 aromatic rings. The molecule has 7 heteroatoms. The first kappa shape index (κ1) is 19.9. The number of rotatable bonds is 3. The van der Waals surface area contributed by atoms with Crippen LogP contribution in [-0.4, -0.2) is 30.0 Å². The number of piperidine rings is 1. The monoisotopic (exact) mass is 373 g/mol. The molecule has 0 unspecified atom stereocenters. The molecule has 1 aromatic heterocycles. The Kier molecular flexibility index (Phi) is 7.99. The smallest absolute Gasteiger partial charge is 0.251 e. The number of nitrogens with zero attached hydrogens (tertiary/aromatic N) is 1. The van der Waals surface area contributed by atoms with Gasteiger partial charge >= 0.3 is 0 Å². The van der Waals surface area contributed by atoms with E-state index < -0.39 is 0 Å². The number of aryl methyl sites for hydroxylation is 1. The molecule has 1 aromatic carbocycles. The van der Waals surface area contributed by atoms with E-state index in [9.17, 15) is 4.79 Å². The SMILES string of the molecule is Cc1csc(-c2cccc(C(=O)NC3CCNCC3)c2)n1.Cl.Cl. The minimum absolute atomic E-state index is 0. The maximum absolute atomic E-state index is 12.4. The summed E-state index contributed by atoms with van der Waals surface area (Å²) in [5.41, 5.74) is 2.73. The molecule has 0 radical (unpaired) electrons. The zero-order valence-corrected chi connectivity index (χ0v) is 15.3. The topological polar surface area (TPSA) is 54.0 Å². The number of thiazole rings is 1. The molecule has 0 bridgehead atoms. The highest BCUT2D eigenvalue weighted by Gasteiger charge is 2.16. The summed E-state index contributed by atoms with van der Waals surface area (Å²) in [6.45, 7) is 3.93. The Bertz CT molecular complexity index is 642. The lowest BCUT2D eigenvalue weighted by Gasteiger charge is -2.23. The number of amides is 1. The van der Waals surface area contributed by atoms with Gasteiger partial charge in [0.25, 0.3) is 5.91 Å². The van der Waals surface area contributed by atoms with Gasteiger partial charge in [-0.05, 0) is 45.0 Å². The summed E-state index contributed by atoms with van der Waals surface area (Å²) in [7, 11) is 0. The van der Waals surface area contributed by atoms with Gasteiger partial charge in [-0.3, -0.25) is 4.79 Å². The second-order valence-corrected chi connectivity index (χ2v) is 6.23. The van der Waals surface area contributed by atoms with Crippen LogP contribution in [0.25, 0.3) is 10.6 Å². The van der Waals surface area contributed by atoms with Crippen molar-refractivity contribution in [2.75, 3.05) is 13.1 Å². The normalized spacial score (nSPS) is 14.5. The number of carbonyl (C=O) groups excluding carboxylic acids is 1. The van der Waals surface area contributed by atoms with E-state index in [0.717, 1.165) is 42.2 Å². The molecule has 1 aliphatic heterocycles. The summed E-state index contributed by atoms with van der Waals surface area (Å²) in [5.74, 6) is 0.0111. The molecule has 1 aliphatic rings. The van der Waals surface area contributed by atoms with Crippen LogP contribution in [0.4, 0.5) is 0 Å². The Morgan fingerprint density at radius 2 is 2.04 bits per heavy atom. The molecule has 0 atom stereocenters. The van der Waals surface area contributed by atoms with Gasteiger partial charge in [0.2, 0.25) is 0 Å². The third-order valence-corrected chi connectivity index (χ3v) is 4.67. The molecule has 1 saturated heterocycles. The highest BCUT2D eigenvalue weighted by Crippen LogP contribution is 2.24. The highest BCUT2D eigenvalue weighted by molar-refractivity contribution is 7.13. The maximum atomic E-state index is 12.4. The summed E-state index contributed by atoms with van der Waals surface area (Å²) in [6.07, 6.45) is 1.99. The molecule has 126 valence electrons. The van der Waals surface area contributed by atoms with Crippen molar-refractivity contribution in [3.63, 3.8) is 0 Å². The van der Waals surface area contributed by atoms with Crippen LogP contribution in [0, 0.1) is 6.92 Å². The van der Waals surface area contributed by atoms with E-state index in [-0.39, 0.29) is 36.8 Å². The number of nitrogens with one attached hydrogen (secondary N) is 2. The van der Waals surface area contributed by atoms with E-state index in [0.29, 0.717) is 5.56 Å². The van der Waals surface area contributed by atoms with Gasteiger partial charge in [0.1, 0.15) is 5.01 Å². The fourth-order valence-corrected chi connectivity index (χ4v) is 3.31. The second kappa shape index (κ2) is 9.23. The average Bonchev–Trinajstić information content (AvgIpc) is 2.95. The van der Waals surface area contributed by atoms with Gasteiger partial charge in [0, 0.05) is 28.2 Å². The molecule has 1 fully saturated rings. The van der Waals surface area contributed by atoms with E-state index in [1.165, 1.54) is 0 Å². The number of halogens is 2.